The Morgan fingerprint density at radius 2 is 1.91 bits per heavy atom. The molecule has 0 unspecified atom stereocenters. The van der Waals surface area contributed by atoms with Crippen LogP contribution in [-0.4, -0.2) is 42.5 Å². The van der Waals surface area contributed by atoms with Crippen LogP contribution in [0.4, 0.5) is 0 Å². The molecule has 1 aromatic heterocycles. The predicted molar refractivity (Wildman–Crippen MR) is 81.8 cm³/mol. The number of methoxy groups -OCH3 is 1. The topological polar surface area (TPSA) is 100 Å². The van der Waals surface area contributed by atoms with Crippen molar-refractivity contribution in [2.24, 2.45) is 0 Å². The van der Waals surface area contributed by atoms with Crippen molar-refractivity contribution in [3.8, 4) is 0 Å². The molecular weight excluding hydrogens is 286 g/mol. The van der Waals surface area contributed by atoms with Crippen LogP contribution in [0.25, 0.3) is 0 Å². The summed E-state index contributed by atoms with van der Waals surface area (Å²) in [7, 11) is 1.29. The third-order valence-corrected chi connectivity index (χ3v) is 3.34. The molecule has 1 aromatic rings. The molecule has 7 heteroatoms. The number of esters is 1. The molecule has 0 aromatic carbocycles. The molecule has 0 saturated heterocycles. The minimum Gasteiger partial charge on any atom is -0.465 e. The maximum Gasteiger partial charge on any atom is 0.339 e. The minimum absolute atomic E-state index is 0.246. The van der Waals surface area contributed by atoms with Gasteiger partial charge in [0.25, 0.3) is 5.91 Å². The molecule has 1 atom stereocenters. The standard InChI is InChI=1S/C15H23N3O4/c1-6-7-16-13(19)10(4)18-14(20)12-8(2)11(9(3)17-12)15(21)22-5/h10,17H,6-7H2,1-5H3,(H,16,19)(H,18,20)/t10-/m0/s1. The third-order valence-electron chi connectivity index (χ3n) is 3.34. The molecule has 122 valence electrons. The molecule has 1 heterocycles. The Labute approximate surface area is 129 Å². The Balaban J connectivity index is 2.87. The highest BCUT2D eigenvalue weighted by Crippen LogP contribution is 2.18. The lowest BCUT2D eigenvalue weighted by atomic mass is 10.1. The van der Waals surface area contributed by atoms with Crippen LogP contribution in [-0.2, 0) is 9.53 Å². The molecule has 0 fully saturated rings. The van der Waals surface area contributed by atoms with E-state index in [1.807, 2.05) is 6.92 Å². The molecule has 22 heavy (non-hydrogen) atoms. The van der Waals surface area contributed by atoms with Crippen LogP contribution < -0.4 is 10.6 Å². The number of aromatic nitrogens is 1. The molecular formula is C15H23N3O4. The van der Waals surface area contributed by atoms with Gasteiger partial charge < -0.3 is 20.4 Å². The lowest BCUT2D eigenvalue weighted by Gasteiger charge is -2.13. The van der Waals surface area contributed by atoms with Gasteiger partial charge in [-0.1, -0.05) is 6.92 Å². The van der Waals surface area contributed by atoms with E-state index in [0.29, 0.717) is 23.4 Å². The van der Waals surface area contributed by atoms with Crippen LogP contribution >= 0.6 is 0 Å². The van der Waals surface area contributed by atoms with Crippen LogP contribution in [0.3, 0.4) is 0 Å². The molecule has 0 radical (unpaired) electrons. The number of amides is 2. The zero-order valence-corrected chi connectivity index (χ0v) is 13.6. The van der Waals surface area contributed by atoms with Crippen LogP contribution in [0.15, 0.2) is 0 Å². The average molecular weight is 309 g/mol. The zero-order valence-electron chi connectivity index (χ0n) is 13.6. The fourth-order valence-corrected chi connectivity index (χ4v) is 2.12. The van der Waals surface area contributed by atoms with Crippen molar-refractivity contribution in [1.82, 2.24) is 15.6 Å². The summed E-state index contributed by atoms with van der Waals surface area (Å²) in [5, 5.41) is 5.32. The van der Waals surface area contributed by atoms with Gasteiger partial charge in [-0.2, -0.15) is 0 Å². The van der Waals surface area contributed by atoms with Crippen molar-refractivity contribution < 1.29 is 19.1 Å². The number of aromatic amines is 1. The van der Waals surface area contributed by atoms with Crippen molar-refractivity contribution in [2.45, 2.75) is 40.2 Å². The van der Waals surface area contributed by atoms with Crippen LogP contribution in [0.1, 0.15) is 52.4 Å². The van der Waals surface area contributed by atoms with Crippen molar-refractivity contribution in [2.75, 3.05) is 13.7 Å². The van der Waals surface area contributed by atoms with Gasteiger partial charge in [-0.3, -0.25) is 9.59 Å². The summed E-state index contributed by atoms with van der Waals surface area (Å²) in [6.07, 6.45) is 0.823. The Kier molecular flexibility index (Phi) is 6.15. The molecule has 0 bridgehead atoms. The van der Waals surface area contributed by atoms with Crippen LogP contribution in [0, 0.1) is 13.8 Å². The molecule has 0 spiro atoms. The summed E-state index contributed by atoms with van der Waals surface area (Å²) < 4.78 is 4.70. The first-order valence-corrected chi connectivity index (χ1v) is 7.19. The number of nitrogens with one attached hydrogen (secondary N) is 3. The third kappa shape index (κ3) is 3.87. The van der Waals surface area contributed by atoms with Gasteiger partial charge in [0.05, 0.1) is 12.7 Å². The second kappa shape index (κ2) is 7.63. The molecule has 0 aliphatic carbocycles. The molecule has 2 amide bonds. The summed E-state index contributed by atoms with van der Waals surface area (Å²) in [5.74, 6) is -1.18. The van der Waals surface area contributed by atoms with Gasteiger partial charge in [0.1, 0.15) is 11.7 Å². The monoisotopic (exact) mass is 309 g/mol. The van der Waals surface area contributed by atoms with E-state index in [2.05, 4.69) is 15.6 Å². The van der Waals surface area contributed by atoms with Gasteiger partial charge in [-0.05, 0) is 32.8 Å². The van der Waals surface area contributed by atoms with E-state index in [4.69, 9.17) is 4.74 Å². The number of hydrogen-bond acceptors (Lipinski definition) is 4. The molecule has 0 aliphatic rings. The smallest absolute Gasteiger partial charge is 0.339 e. The Morgan fingerprint density at radius 3 is 2.45 bits per heavy atom. The van der Waals surface area contributed by atoms with E-state index in [1.54, 1.807) is 20.8 Å². The molecule has 0 saturated carbocycles. The van der Waals surface area contributed by atoms with Crippen molar-refractivity contribution in [1.29, 1.82) is 0 Å². The van der Waals surface area contributed by atoms with Gasteiger partial charge in [0.2, 0.25) is 5.91 Å². The van der Waals surface area contributed by atoms with Crippen LogP contribution in [0.2, 0.25) is 0 Å². The van der Waals surface area contributed by atoms with Gasteiger partial charge >= 0.3 is 5.97 Å². The van der Waals surface area contributed by atoms with Crippen molar-refractivity contribution in [3.63, 3.8) is 0 Å². The summed E-state index contributed by atoms with van der Waals surface area (Å²) in [6.45, 7) is 7.46. The zero-order chi connectivity index (χ0) is 16.9. The highest BCUT2D eigenvalue weighted by molar-refractivity contribution is 6.01. The molecule has 0 aliphatic heterocycles. The second-order valence-electron chi connectivity index (χ2n) is 5.10. The number of aryl methyl sites for hydroxylation is 1. The van der Waals surface area contributed by atoms with E-state index >= 15 is 0 Å². The maximum atomic E-state index is 12.3. The van der Waals surface area contributed by atoms with E-state index in [9.17, 15) is 14.4 Å². The molecule has 7 nitrogen and oxygen atoms in total. The number of carbonyl (C=O) groups is 3. The number of ether oxygens (including phenoxy) is 1. The number of hydrogen-bond donors (Lipinski definition) is 3. The fraction of sp³-hybridized carbons (Fsp3) is 0.533. The SMILES string of the molecule is CCCNC(=O)[C@H](C)NC(=O)c1[nH]c(C)c(C(=O)OC)c1C. The summed E-state index contributed by atoms with van der Waals surface area (Å²) in [4.78, 5) is 38.6. The average Bonchev–Trinajstić information content (AvgIpc) is 2.78. The van der Waals surface area contributed by atoms with E-state index in [-0.39, 0.29) is 11.6 Å². The number of rotatable bonds is 6. The summed E-state index contributed by atoms with van der Waals surface area (Å²) in [5.41, 5.74) is 1.66. The number of carbonyl (C=O) groups excluding carboxylic acids is 3. The maximum absolute atomic E-state index is 12.3. The predicted octanol–water partition coefficient (Wildman–Crippen LogP) is 1.06. The summed E-state index contributed by atoms with van der Waals surface area (Å²) in [6, 6.07) is -0.663. The quantitative estimate of drug-likeness (QED) is 0.684. The van der Waals surface area contributed by atoms with Gasteiger partial charge in [-0.15, -0.1) is 0 Å². The largest absolute Gasteiger partial charge is 0.465 e. The first kappa shape index (κ1) is 17.7. The fourth-order valence-electron chi connectivity index (χ4n) is 2.12. The lowest BCUT2D eigenvalue weighted by molar-refractivity contribution is -0.122. The lowest BCUT2D eigenvalue weighted by Crippen LogP contribution is -2.45. The van der Waals surface area contributed by atoms with Crippen molar-refractivity contribution in [3.05, 3.63) is 22.5 Å². The molecule has 3 N–H and O–H groups in total. The second-order valence-corrected chi connectivity index (χ2v) is 5.10. The summed E-state index contributed by atoms with van der Waals surface area (Å²) >= 11 is 0. The number of H-pyrrole nitrogens is 1. The van der Waals surface area contributed by atoms with E-state index in [1.165, 1.54) is 7.11 Å². The van der Waals surface area contributed by atoms with Crippen molar-refractivity contribution >= 4 is 17.8 Å². The van der Waals surface area contributed by atoms with E-state index in [0.717, 1.165) is 6.42 Å². The highest BCUT2D eigenvalue weighted by atomic mass is 16.5. The van der Waals surface area contributed by atoms with Gasteiger partial charge in [-0.25, -0.2) is 4.79 Å². The van der Waals surface area contributed by atoms with Gasteiger partial charge in [0, 0.05) is 12.2 Å². The highest BCUT2D eigenvalue weighted by Gasteiger charge is 2.24. The Hall–Kier alpha value is -2.31. The normalized spacial score (nSPS) is 11.7. The Morgan fingerprint density at radius 1 is 1.27 bits per heavy atom. The Bertz CT molecular complexity index is 578. The minimum atomic E-state index is -0.663. The van der Waals surface area contributed by atoms with Gasteiger partial charge in [0.15, 0.2) is 0 Å². The first-order chi connectivity index (χ1) is 10.3. The first-order valence-electron chi connectivity index (χ1n) is 7.19. The van der Waals surface area contributed by atoms with Crippen LogP contribution in [0.5, 0.6) is 0 Å². The molecule has 1 rings (SSSR count). The van der Waals surface area contributed by atoms with E-state index < -0.39 is 17.9 Å².